The number of benzene rings is 3. The molecule has 0 saturated heterocycles. The van der Waals surface area contributed by atoms with E-state index in [1.54, 1.807) is 12.1 Å². The lowest BCUT2D eigenvalue weighted by Gasteiger charge is -2.12. The molecule has 138 valence electrons. The van der Waals surface area contributed by atoms with Gasteiger partial charge < -0.3 is 14.8 Å². The monoisotopic (exact) mass is 361 g/mol. The van der Waals surface area contributed by atoms with Gasteiger partial charge >= 0.3 is 0 Å². The van der Waals surface area contributed by atoms with Crippen molar-refractivity contribution in [3.63, 3.8) is 0 Å². The Morgan fingerprint density at radius 1 is 0.889 bits per heavy atom. The third kappa shape index (κ3) is 5.35. The van der Waals surface area contributed by atoms with E-state index in [0.717, 1.165) is 12.2 Å². The minimum absolute atomic E-state index is 0.209. The Kier molecular flexibility index (Phi) is 6.47. The van der Waals surface area contributed by atoms with Gasteiger partial charge in [-0.05, 0) is 36.8 Å². The molecule has 0 unspecified atom stereocenters. The second kappa shape index (κ2) is 9.43. The molecule has 0 aromatic heterocycles. The van der Waals surface area contributed by atoms with Gasteiger partial charge in [0.1, 0.15) is 11.5 Å². The Balaban J connectivity index is 1.65. The zero-order valence-electron chi connectivity index (χ0n) is 15.4. The smallest absolute Gasteiger partial charge is 0.259 e. The number of carbonyl (C=O) groups excluding carboxylic acids is 1. The van der Waals surface area contributed by atoms with Gasteiger partial charge in [0.05, 0.1) is 18.8 Å². The highest BCUT2D eigenvalue weighted by Crippen LogP contribution is 2.22. The maximum Gasteiger partial charge on any atom is 0.259 e. The average molecular weight is 361 g/mol. The summed E-state index contributed by atoms with van der Waals surface area (Å²) in [5.74, 6) is 1.09. The normalized spacial score (nSPS) is 10.3. The van der Waals surface area contributed by atoms with Crippen LogP contribution < -0.4 is 14.8 Å². The van der Waals surface area contributed by atoms with Crippen LogP contribution >= 0.6 is 0 Å². The summed E-state index contributed by atoms with van der Waals surface area (Å²) in [5, 5.41) is 2.91. The summed E-state index contributed by atoms with van der Waals surface area (Å²) in [7, 11) is 0. The fourth-order valence-corrected chi connectivity index (χ4v) is 2.73. The van der Waals surface area contributed by atoms with Crippen LogP contribution in [0.2, 0.25) is 0 Å². The number of anilines is 1. The maximum absolute atomic E-state index is 12.7. The predicted octanol–water partition coefficient (Wildman–Crippen LogP) is 4.96. The van der Waals surface area contributed by atoms with Crippen molar-refractivity contribution in [2.24, 2.45) is 0 Å². The Morgan fingerprint density at radius 3 is 2.48 bits per heavy atom. The molecule has 0 saturated carbocycles. The molecule has 4 heteroatoms. The molecule has 0 fully saturated rings. The van der Waals surface area contributed by atoms with Crippen LogP contribution in [0.5, 0.6) is 11.5 Å². The molecule has 0 atom stereocenters. The van der Waals surface area contributed by atoms with E-state index in [-0.39, 0.29) is 5.91 Å². The van der Waals surface area contributed by atoms with Gasteiger partial charge in [-0.15, -0.1) is 0 Å². The first-order valence-corrected chi connectivity index (χ1v) is 9.06. The first-order chi connectivity index (χ1) is 13.3. The highest BCUT2D eigenvalue weighted by Gasteiger charge is 2.12. The van der Waals surface area contributed by atoms with E-state index in [4.69, 9.17) is 9.47 Å². The summed E-state index contributed by atoms with van der Waals surface area (Å²) >= 11 is 0. The molecule has 3 aromatic carbocycles. The van der Waals surface area contributed by atoms with Crippen LogP contribution in [0.1, 0.15) is 22.8 Å². The Morgan fingerprint density at radius 2 is 1.67 bits per heavy atom. The van der Waals surface area contributed by atoms with E-state index in [1.165, 1.54) is 5.56 Å². The molecule has 0 bridgehead atoms. The Hall–Kier alpha value is -3.27. The molecule has 3 aromatic rings. The molecule has 0 heterocycles. The zero-order valence-corrected chi connectivity index (χ0v) is 15.4. The van der Waals surface area contributed by atoms with Crippen molar-refractivity contribution in [1.29, 1.82) is 0 Å². The molecule has 0 aliphatic carbocycles. The van der Waals surface area contributed by atoms with E-state index in [9.17, 15) is 4.79 Å². The van der Waals surface area contributed by atoms with E-state index in [1.807, 2.05) is 61.5 Å². The molecule has 4 nitrogen and oxygen atoms in total. The van der Waals surface area contributed by atoms with Crippen LogP contribution in [0.3, 0.4) is 0 Å². The van der Waals surface area contributed by atoms with Gasteiger partial charge in [-0.2, -0.15) is 0 Å². The van der Waals surface area contributed by atoms with Gasteiger partial charge in [-0.3, -0.25) is 4.79 Å². The van der Waals surface area contributed by atoms with Crippen LogP contribution in [0, 0.1) is 0 Å². The van der Waals surface area contributed by atoms with Gasteiger partial charge in [0.2, 0.25) is 0 Å². The predicted molar refractivity (Wildman–Crippen MR) is 108 cm³/mol. The summed E-state index contributed by atoms with van der Waals surface area (Å²) in [4.78, 5) is 12.7. The number of ether oxygens (including phenoxy) is 2. The third-order valence-corrected chi connectivity index (χ3v) is 4.03. The number of nitrogens with one attached hydrogen (secondary N) is 1. The van der Waals surface area contributed by atoms with Crippen LogP contribution in [-0.4, -0.2) is 19.1 Å². The van der Waals surface area contributed by atoms with Gasteiger partial charge in [0, 0.05) is 18.2 Å². The second-order valence-corrected chi connectivity index (χ2v) is 6.00. The zero-order chi connectivity index (χ0) is 18.9. The van der Waals surface area contributed by atoms with Gasteiger partial charge in [0.15, 0.2) is 0 Å². The van der Waals surface area contributed by atoms with Crippen molar-refractivity contribution < 1.29 is 14.3 Å². The lowest BCUT2D eigenvalue weighted by Crippen LogP contribution is -2.14. The van der Waals surface area contributed by atoms with Crippen LogP contribution in [-0.2, 0) is 6.42 Å². The van der Waals surface area contributed by atoms with E-state index < -0.39 is 0 Å². The molecule has 0 spiro atoms. The van der Waals surface area contributed by atoms with Crippen molar-refractivity contribution in [2.45, 2.75) is 13.3 Å². The molecular formula is C23H23NO3. The summed E-state index contributed by atoms with van der Waals surface area (Å²) in [6.07, 6.45) is 0.785. The van der Waals surface area contributed by atoms with E-state index in [0.29, 0.717) is 30.2 Å². The second-order valence-electron chi connectivity index (χ2n) is 6.00. The van der Waals surface area contributed by atoms with Crippen LogP contribution in [0.4, 0.5) is 5.69 Å². The first kappa shape index (κ1) is 18.5. The van der Waals surface area contributed by atoms with E-state index in [2.05, 4.69) is 17.4 Å². The Bertz CT molecular complexity index is 878. The number of hydrogen-bond acceptors (Lipinski definition) is 3. The molecule has 3 rings (SSSR count). The van der Waals surface area contributed by atoms with Crippen molar-refractivity contribution in [3.8, 4) is 11.5 Å². The average Bonchev–Trinajstić information content (AvgIpc) is 2.70. The number of rotatable bonds is 8. The SMILES string of the molecule is CCOc1cccc(NC(=O)c2ccccc2OCCc2ccccc2)c1. The summed E-state index contributed by atoms with van der Waals surface area (Å²) < 4.78 is 11.4. The number of carbonyl (C=O) groups is 1. The number of hydrogen-bond donors (Lipinski definition) is 1. The minimum Gasteiger partial charge on any atom is -0.494 e. The van der Waals surface area contributed by atoms with E-state index >= 15 is 0 Å². The molecular weight excluding hydrogens is 338 g/mol. The third-order valence-electron chi connectivity index (χ3n) is 4.03. The van der Waals surface area contributed by atoms with Crippen molar-refractivity contribution in [1.82, 2.24) is 0 Å². The maximum atomic E-state index is 12.7. The molecule has 0 aliphatic heterocycles. The fraction of sp³-hybridized carbons (Fsp3) is 0.174. The highest BCUT2D eigenvalue weighted by atomic mass is 16.5. The quantitative estimate of drug-likeness (QED) is 0.617. The highest BCUT2D eigenvalue weighted by molar-refractivity contribution is 6.06. The largest absolute Gasteiger partial charge is 0.494 e. The Labute approximate surface area is 159 Å². The number of amides is 1. The minimum atomic E-state index is -0.209. The molecule has 1 amide bonds. The topological polar surface area (TPSA) is 47.6 Å². The molecule has 0 aliphatic rings. The van der Waals surface area contributed by atoms with Gasteiger partial charge in [-0.1, -0.05) is 48.5 Å². The molecule has 1 N–H and O–H groups in total. The van der Waals surface area contributed by atoms with Crippen LogP contribution in [0.25, 0.3) is 0 Å². The molecule has 27 heavy (non-hydrogen) atoms. The van der Waals surface area contributed by atoms with Gasteiger partial charge in [-0.25, -0.2) is 0 Å². The first-order valence-electron chi connectivity index (χ1n) is 9.06. The summed E-state index contributed by atoms with van der Waals surface area (Å²) in [6.45, 7) is 3.01. The van der Waals surface area contributed by atoms with Crippen LogP contribution in [0.15, 0.2) is 78.9 Å². The molecule has 0 radical (unpaired) electrons. The lowest BCUT2D eigenvalue weighted by molar-refractivity contribution is 0.102. The summed E-state index contributed by atoms with van der Waals surface area (Å²) in [5.41, 5.74) is 2.39. The lowest BCUT2D eigenvalue weighted by atomic mass is 10.1. The fourth-order valence-electron chi connectivity index (χ4n) is 2.73. The number of para-hydroxylation sites is 1. The summed E-state index contributed by atoms with van der Waals surface area (Å²) in [6, 6.07) is 24.8. The van der Waals surface area contributed by atoms with Crippen molar-refractivity contribution in [3.05, 3.63) is 90.0 Å². The van der Waals surface area contributed by atoms with Gasteiger partial charge in [0.25, 0.3) is 5.91 Å². The van der Waals surface area contributed by atoms with Crippen molar-refractivity contribution >= 4 is 11.6 Å². The van der Waals surface area contributed by atoms with Crippen molar-refractivity contribution in [2.75, 3.05) is 18.5 Å². The standard InChI is InChI=1S/C23H23NO3/c1-2-26-20-12-8-11-19(17-20)24-23(25)21-13-6-7-14-22(21)27-16-15-18-9-4-3-5-10-18/h3-14,17H,2,15-16H2,1H3,(H,24,25).